The summed E-state index contributed by atoms with van der Waals surface area (Å²) in [5, 5.41) is 19.2. The lowest BCUT2D eigenvalue weighted by Crippen LogP contribution is -2.36. The van der Waals surface area contributed by atoms with Gasteiger partial charge in [-0.25, -0.2) is 0 Å². The van der Waals surface area contributed by atoms with Crippen LogP contribution < -0.4 is 0 Å². The van der Waals surface area contributed by atoms with E-state index < -0.39 is 5.41 Å². The number of ether oxygens (including phenoxy) is 1. The lowest BCUT2D eigenvalue weighted by Gasteiger charge is -2.30. The molecule has 0 saturated heterocycles. The monoisotopic (exact) mass is 238 g/mol. The fourth-order valence-electron chi connectivity index (χ4n) is 1.85. The largest absolute Gasteiger partial charge is 0.395 e. The van der Waals surface area contributed by atoms with Crippen molar-refractivity contribution in [3.8, 4) is 0 Å². The smallest absolute Gasteiger partial charge is 0.0550 e. The van der Waals surface area contributed by atoms with Gasteiger partial charge >= 0.3 is 0 Å². The number of aliphatic hydroxyl groups is 2. The van der Waals surface area contributed by atoms with E-state index in [0.717, 1.165) is 5.56 Å². The molecule has 0 aliphatic rings. The first-order valence-corrected chi connectivity index (χ1v) is 6.05. The van der Waals surface area contributed by atoms with E-state index in [2.05, 4.69) is 0 Å². The first-order chi connectivity index (χ1) is 8.18. The van der Waals surface area contributed by atoms with Crippen LogP contribution in [0.5, 0.6) is 0 Å². The van der Waals surface area contributed by atoms with Crippen molar-refractivity contribution in [3.05, 3.63) is 35.4 Å². The third-order valence-corrected chi connectivity index (χ3v) is 3.20. The highest BCUT2D eigenvalue weighted by atomic mass is 16.5. The molecule has 0 spiro atoms. The first kappa shape index (κ1) is 14.2. The van der Waals surface area contributed by atoms with E-state index in [9.17, 15) is 10.2 Å². The zero-order valence-electron chi connectivity index (χ0n) is 10.6. The molecule has 0 radical (unpaired) electrons. The molecule has 17 heavy (non-hydrogen) atoms. The van der Waals surface area contributed by atoms with Gasteiger partial charge in [-0.1, -0.05) is 29.8 Å². The molecule has 96 valence electrons. The Balaban J connectivity index is 2.85. The Labute approximate surface area is 103 Å². The Hall–Kier alpha value is -0.900. The van der Waals surface area contributed by atoms with Crippen LogP contribution in [0.25, 0.3) is 0 Å². The number of hydrogen-bond donors (Lipinski definition) is 2. The van der Waals surface area contributed by atoms with Crippen LogP contribution in [0.1, 0.15) is 24.5 Å². The molecule has 0 unspecified atom stereocenters. The van der Waals surface area contributed by atoms with Gasteiger partial charge in [0.05, 0.1) is 13.2 Å². The van der Waals surface area contributed by atoms with E-state index >= 15 is 0 Å². The van der Waals surface area contributed by atoms with Crippen LogP contribution in [-0.2, 0) is 10.2 Å². The van der Waals surface area contributed by atoms with Gasteiger partial charge in [0.1, 0.15) is 0 Å². The van der Waals surface area contributed by atoms with Crippen molar-refractivity contribution >= 4 is 0 Å². The third kappa shape index (κ3) is 3.53. The normalized spacial score (nSPS) is 11.8. The Morgan fingerprint density at radius 2 is 1.71 bits per heavy atom. The van der Waals surface area contributed by atoms with Gasteiger partial charge in [0, 0.05) is 18.6 Å². The SMILES string of the molecule is CCOCCC(CO)(CO)c1ccc(C)cc1. The number of aliphatic hydroxyl groups excluding tert-OH is 2. The van der Waals surface area contributed by atoms with Crippen LogP contribution in [0.15, 0.2) is 24.3 Å². The highest BCUT2D eigenvalue weighted by Gasteiger charge is 2.30. The summed E-state index contributed by atoms with van der Waals surface area (Å²) in [6.45, 7) is 5.01. The van der Waals surface area contributed by atoms with Gasteiger partial charge in [-0.3, -0.25) is 0 Å². The maximum Gasteiger partial charge on any atom is 0.0550 e. The number of hydrogen-bond acceptors (Lipinski definition) is 3. The molecule has 0 fully saturated rings. The summed E-state index contributed by atoms with van der Waals surface area (Å²) < 4.78 is 5.32. The highest BCUT2D eigenvalue weighted by Crippen LogP contribution is 2.27. The van der Waals surface area contributed by atoms with Gasteiger partial charge in [-0.2, -0.15) is 0 Å². The predicted molar refractivity (Wildman–Crippen MR) is 68.1 cm³/mol. The van der Waals surface area contributed by atoms with Crippen LogP contribution in [-0.4, -0.2) is 36.6 Å². The minimum Gasteiger partial charge on any atom is -0.395 e. The molecule has 3 nitrogen and oxygen atoms in total. The van der Waals surface area contributed by atoms with Crippen LogP contribution in [0.4, 0.5) is 0 Å². The molecule has 0 bridgehead atoms. The molecular formula is C14H22O3. The standard InChI is InChI=1S/C14H22O3/c1-3-17-9-8-14(10-15,11-16)13-6-4-12(2)5-7-13/h4-7,15-16H,3,8-11H2,1-2H3. The average molecular weight is 238 g/mol. The van der Waals surface area contributed by atoms with Crippen molar-refractivity contribution < 1.29 is 14.9 Å². The van der Waals surface area contributed by atoms with E-state index in [0.29, 0.717) is 19.6 Å². The summed E-state index contributed by atoms with van der Waals surface area (Å²) >= 11 is 0. The van der Waals surface area contributed by atoms with E-state index in [-0.39, 0.29) is 13.2 Å². The summed E-state index contributed by atoms with van der Waals surface area (Å²) in [7, 11) is 0. The zero-order chi connectivity index (χ0) is 12.7. The minimum atomic E-state index is -0.594. The van der Waals surface area contributed by atoms with E-state index in [1.54, 1.807) is 0 Å². The lowest BCUT2D eigenvalue weighted by molar-refractivity contribution is 0.0667. The molecule has 0 aliphatic carbocycles. The zero-order valence-corrected chi connectivity index (χ0v) is 10.6. The molecule has 0 heterocycles. The van der Waals surface area contributed by atoms with Crippen LogP contribution in [0.3, 0.4) is 0 Å². The lowest BCUT2D eigenvalue weighted by atomic mass is 9.79. The average Bonchev–Trinajstić information content (AvgIpc) is 2.37. The van der Waals surface area contributed by atoms with Crippen molar-refractivity contribution in [1.82, 2.24) is 0 Å². The van der Waals surface area contributed by atoms with Gasteiger partial charge in [0.2, 0.25) is 0 Å². The van der Waals surface area contributed by atoms with Crippen molar-refractivity contribution in [1.29, 1.82) is 0 Å². The van der Waals surface area contributed by atoms with E-state index in [1.807, 2.05) is 38.1 Å². The topological polar surface area (TPSA) is 49.7 Å². The summed E-state index contributed by atoms with van der Waals surface area (Å²) in [5.74, 6) is 0. The second-order valence-corrected chi connectivity index (χ2v) is 4.41. The first-order valence-electron chi connectivity index (χ1n) is 6.05. The summed E-state index contributed by atoms with van der Waals surface area (Å²) in [6, 6.07) is 7.92. The van der Waals surface area contributed by atoms with Crippen LogP contribution >= 0.6 is 0 Å². The van der Waals surface area contributed by atoms with Gasteiger partial charge in [-0.05, 0) is 25.8 Å². The molecule has 0 atom stereocenters. The number of rotatable bonds is 7. The van der Waals surface area contributed by atoms with Crippen molar-refractivity contribution in [3.63, 3.8) is 0 Å². The van der Waals surface area contributed by atoms with Gasteiger partial charge < -0.3 is 14.9 Å². The van der Waals surface area contributed by atoms with Crippen molar-refractivity contribution in [2.24, 2.45) is 0 Å². The van der Waals surface area contributed by atoms with Gasteiger partial charge in [-0.15, -0.1) is 0 Å². The maximum absolute atomic E-state index is 9.58. The summed E-state index contributed by atoms with van der Waals surface area (Å²) in [4.78, 5) is 0. The van der Waals surface area contributed by atoms with Crippen molar-refractivity contribution in [2.75, 3.05) is 26.4 Å². The Bertz CT molecular complexity index is 315. The number of benzene rings is 1. The molecule has 0 aliphatic heterocycles. The Morgan fingerprint density at radius 1 is 1.12 bits per heavy atom. The second kappa shape index (κ2) is 6.74. The minimum absolute atomic E-state index is 0.0698. The van der Waals surface area contributed by atoms with Crippen molar-refractivity contribution in [2.45, 2.75) is 25.7 Å². The quantitative estimate of drug-likeness (QED) is 0.710. The second-order valence-electron chi connectivity index (χ2n) is 4.41. The third-order valence-electron chi connectivity index (χ3n) is 3.20. The molecule has 1 aromatic rings. The summed E-state index contributed by atoms with van der Waals surface area (Å²) in [6.07, 6.45) is 0.622. The molecule has 0 aromatic heterocycles. The van der Waals surface area contributed by atoms with Crippen LogP contribution in [0, 0.1) is 6.92 Å². The number of aryl methyl sites for hydroxylation is 1. The Kier molecular flexibility index (Phi) is 5.62. The van der Waals surface area contributed by atoms with Gasteiger partial charge in [0.15, 0.2) is 0 Å². The Morgan fingerprint density at radius 3 is 2.18 bits per heavy atom. The molecule has 1 rings (SSSR count). The maximum atomic E-state index is 9.58. The van der Waals surface area contributed by atoms with E-state index in [1.165, 1.54) is 5.56 Å². The molecule has 0 saturated carbocycles. The summed E-state index contributed by atoms with van der Waals surface area (Å²) in [5.41, 5.74) is 1.54. The fraction of sp³-hybridized carbons (Fsp3) is 0.571. The van der Waals surface area contributed by atoms with Gasteiger partial charge in [0.25, 0.3) is 0 Å². The molecule has 2 N–H and O–H groups in total. The molecular weight excluding hydrogens is 216 g/mol. The predicted octanol–water partition coefficient (Wildman–Crippen LogP) is 1.64. The highest BCUT2D eigenvalue weighted by molar-refractivity contribution is 5.29. The fourth-order valence-corrected chi connectivity index (χ4v) is 1.85. The molecule has 3 heteroatoms. The molecule has 0 amide bonds. The van der Waals surface area contributed by atoms with Crippen LogP contribution in [0.2, 0.25) is 0 Å². The van der Waals surface area contributed by atoms with E-state index in [4.69, 9.17) is 4.74 Å². The molecule has 1 aromatic carbocycles.